The average molecular weight is 280 g/mol. The molecule has 0 bridgehead atoms. The summed E-state index contributed by atoms with van der Waals surface area (Å²) in [5.41, 5.74) is 2.31. The number of benzene rings is 1. The van der Waals surface area contributed by atoms with E-state index in [1.165, 1.54) is 0 Å². The smallest absolute Gasteiger partial charge is 0.311 e. The Morgan fingerprint density at radius 1 is 1.47 bits per heavy atom. The van der Waals surface area contributed by atoms with Gasteiger partial charge in [-0.1, -0.05) is 28.9 Å². The standard InChI is InChI=1S/C13H14ClN3O2/c1-3-19-12(18)7-10-8-17(16-15-10)13-9(2)5-4-6-11(13)14/h4-6,8H,3,7H2,1-2H3. The molecule has 0 fully saturated rings. The maximum atomic E-state index is 11.4. The first-order valence-corrected chi connectivity index (χ1v) is 6.32. The van der Waals surface area contributed by atoms with E-state index in [1.807, 2.05) is 19.1 Å². The molecular formula is C13H14ClN3O2. The van der Waals surface area contributed by atoms with Crippen LogP contribution in [0.1, 0.15) is 18.2 Å². The lowest BCUT2D eigenvalue weighted by Crippen LogP contribution is -2.07. The molecule has 0 spiro atoms. The predicted molar refractivity (Wildman–Crippen MR) is 71.4 cm³/mol. The molecule has 1 heterocycles. The lowest BCUT2D eigenvalue weighted by molar-refractivity contribution is -0.142. The first-order valence-electron chi connectivity index (χ1n) is 5.94. The zero-order valence-electron chi connectivity index (χ0n) is 10.8. The van der Waals surface area contributed by atoms with Gasteiger partial charge in [0.15, 0.2) is 0 Å². The maximum absolute atomic E-state index is 11.4. The first kappa shape index (κ1) is 13.5. The number of halogens is 1. The van der Waals surface area contributed by atoms with Crippen molar-refractivity contribution in [3.8, 4) is 5.69 Å². The van der Waals surface area contributed by atoms with E-state index in [-0.39, 0.29) is 12.4 Å². The number of ether oxygens (including phenoxy) is 1. The second-order valence-corrected chi connectivity index (χ2v) is 4.45. The van der Waals surface area contributed by atoms with Gasteiger partial charge in [0, 0.05) is 0 Å². The molecule has 0 aliphatic carbocycles. The van der Waals surface area contributed by atoms with E-state index in [4.69, 9.17) is 16.3 Å². The molecule has 6 heteroatoms. The van der Waals surface area contributed by atoms with Crippen LogP contribution in [0.2, 0.25) is 5.02 Å². The number of rotatable bonds is 4. The van der Waals surface area contributed by atoms with Crippen LogP contribution in [-0.2, 0) is 16.0 Å². The molecule has 0 unspecified atom stereocenters. The molecular weight excluding hydrogens is 266 g/mol. The number of aromatic nitrogens is 3. The number of carbonyl (C=O) groups excluding carboxylic acids is 1. The molecule has 5 nitrogen and oxygen atoms in total. The van der Waals surface area contributed by atoms with Crippen molar-refractivity contribution in [2.45, 2.75) is 20.3 Å². The van der Waals surface area contributed by atoms with Crippen molar-refractivity contribution < 1.29 is 9.53 Å². The third kappa shape index (κ3) is 3.12. The first-order chi connectivity index (χ1) is 9.11. The minimum Gasteiger partial charge on any atom is -0.466 e. The number of hydrogen-bond donors (Lipinski definition) is 0. The van der Waals surface area contributed by atoms with E-state index in [9.17, 15) is 4.79 Å². The Kier molecular flexibility index (Phi) is 4.16. The maximum Gasteiger partial charge on any atom is 0.311 e. The molecule has 2 rings (SSSR count). The van der Waals surface area contributed by atoms with Crippen LogP contribution in [0.3, 0.4) is 0 Å². The van der Waals surface area contributed by atoms with Gasteiger partial charge in [0.25, 0.3) is 0 Å². The molecule has 1 aromatic heterocycles. The van der Waals surface area contributed by atoms with E-state index in [1.54, 1.807) is 23.9 Å². The van der Waals surface area contributed by atoms with Gasteiger partial charge in [0.2, 0.25) is 0 Å². The van der Waals surface area contributed by atoms with E-state index in [0.717, 1.165) is 11.3 Å². The number of hydrogen-bond acceptors (Lipinski definition) is 4. The SMILES string of the molecule is CCOC(=O)Cc1cn(-c2c(C)cccc2Cl)nn1. The van der Waals surface area contributed by atoms with Crippen molar-refractivity contribution in [3.05, 3.63) is 40.7 Å². The highest BCUT2D eigenvalue weighted by atomic mass is 35.5. The van der Waals surface area contributed by atoms with Gasteiger partial charge in [-0.15, -0.1) is 5.10 Å². The Morgan fingerprint density at radius 2 is 2.26 bits per heavy atom. The number of carbonyl (C=O) groups is 1. The Balaban J connectivity index is 2.24. The average Bonchev–Trinajstić information content (AvgIpc) is 2.77. The van der Waals surface area contributed by atoms with E-state index < -0.39 is 0 Å². The second kappa shape index (κ2) is 5.84. The molecule has 2 aromatic rings. The topological polar surface area (TPSA) is 57.0 Å². The summed E-state index contributed by atoms with van der Waals surface area (Å²) >= 11 is 6.15. The van der Waals surface area contributed by atoms with E-state index in [2.05, 4.69) is 10.3 Å². The van der Waals surface area contributed by atoms with Crippen LogP contribution >= 0.6 is 11.6 Å². The molecule has 100 valence electrons. The van der Waals surface area contributed by atoms with Gasteiger partial charge in [-0.25, -0.2) is 4.68 Å². The Morgan fingerprint density at radius 3 is 2.95 bits per heavy atom. The van der Waals surface area contributed by atoms with Crippen molar-refractivity contribution >= 4 is 17.6 Å². The fourth-order valence-corrected chi connectivity index (χ4v) is 2.07. The second-order valence-electron chi connectivity index (χ2n) is 4.04. The zero-order chi connectivity index (χ0) is 13.8. The Bertz CT molecular complexity index is 575. The monoisotopic (exact) mass is 279 g/mol. The van der Waals surface area contributed by atoms with Gasteiger partial charge >= 0.3 is 5.97 Å². The molecule has 0 N–H and O–H groups in total. The highest BCUT2D eigenvalue weighted by Crippen LogP contribution is 2.23. The minimum atomic E-state index is -0.314. The molecule has 0 atom stereocenters. The molecule has 0 aliphatic rings. The fourth-order valence-electron chi connectivity index (χ4n) is 1.76. The minimum absolute atomic E-state index is 0.108. The number of aryl methyl sites for hydroxylation is 1. The van der Waals surface area contributed by atoms with E-state index in [0.29, 0.717) is 17.3 Å². The van der Waals surface area contributed by atoms with Crippen molar-refractivity contribution in [2.24, 2.45) is 0 Å². The van der Waals surface area contributed by atoms with Crippen molar-refractivity contribution in [2.75, 3.05) is 6.61 Å². The zero-order valence-corrected chi connectivity index (χ0v) is 11.5. The van der Waals surface area contributed by atoms with Crippen LogP contribution in [0.25, 0.3) is 5.69 Å². The van der Waals surface area contributed by atoms with Crippen LogP contribution in [0.15, 0.2) is 24.4 Å². The third-order valence-electron chi connectivity index (χ3n) is 2.59. The molecule has 1 aromatic carbocycles. The highest BCUT2D eigenvalue weighted by molar-refractivity contribution is 6.32. The van der Waals surface area contributed by atoms with Crippen molar-refractivity contribution in [1.82, 2.24) is 15.0 Å². The number of esters is 1. The summed E-state index contributed by atoms with van der Waals surface area (Å²) in [7, 11) is 0. The van der Waals surface area contributed by atoms with Crippen LogP contribution in [0.4, 0.5) is 0 Å². The van der Waals surface area contributed by atoms with Crippen LogP contribution in [0, 0.1) is 6.92 Å². The summed E-state index contributed by atoms with van der Waals surface area (Å²) in [6, 6.07) is 5.60. The van der Waals surface area contributed by atoms with Gasteiger partial charge in [-0.2, -0.15) is 0 Å². The third-order valence-corrected chi connectivity index (χ3v) is 2.89. The van der Waals surface area contributed by atoms with Crippen LogP contribution in [0.5, 0.6) is 0 Å². The van der Waals surface area contributed by atoms with Gasteiger partial charge in [-0.3, -0.25) is 4.79 Å². The van der Waals surface area contributed by atoms with E-state index >= 15 is 0 Å². The molecule has 19 heavy (non-hydrogen) atoms. The summed E-state index contributed by atoms with van der Waals surface area (Å²) in [6.07, 6.45) is 1.79. The van der Waals surface area contributed by atoms with Gasteiger partial charge in [0.1, 0.15) is 0 Å². The number of nitrogens with zero attached hydrogens (tertiary/aromatic N) is 3. The molecule has 0 saturated heterocycles. The summed E-state index contributed by atoms with van der Waals surface area (Å²) in [4.78, 5) is 11.4. The summed E-state index contributed by atoms with van der Waals surface area (Å²) in [6.45, 7) is 4.06. The predicted octanol–water partition coefficient (Wildman–Crippen LogP) is 2.33. The molecule has 0 radical (unpaired) electrons. The lowest BCUT2D eigenvalue weighted by Gasteiger charge is -2.06. The van der Waals surface area contributed by atoms with Gasteiger partial charge in [0.05, 0.1) is 35.6 Å². The van der Waals surface area contributed by atoms with Crippen molar-refractivity contribution in [3.63, 3.8) is 0 Å². The van der Waals surface area contributed by atoms with Crippen molar-refractivity contribution in [1.29, 1.82) is 0 Å². The van der Waals surface area contributed by atoms with Crippen LogP contribution < -0.4 is 0 Å². The number of para-hydroxylation sites is 1. The van der Waals surface area contributed by atoms with Crippen LogP contribution in [-0.4, -0.2) is 27.6 Å². The Labute approximate surface area is 116 Å². The van der Waals surface area contributed by atoms with Gasteiger partial charge in [-0.05, 0) is 25.5 Å². The molecule has 0 amide bonds. The highest BCUT2D eigenvalue weighted by Gasteiger charge is 2.12. The largest absolute Gasteiger partial charge is 0.466 e. The summed E-state index contributed by atoms with van der Waals surface area (Å²) in [5.74, 6) is -0.314. The molecule has 0 aliphatic heterocycles. The fraction of sp³-hybridized carbons (Fsp3) is 0.308. The molecule has 0 saturated carbocycles. The Hall–Kier alpha value is -1.88. The summed E-state index contributed by atoms with van der Waals surface area (Å²) < 4.78 is 6.44. The van der Waals surface area contributed by atoms with Gasteiger partial charge < -0.3 is 4.74 Å². The quantitative estimate of drug-likeness (QED) is 0.806. The lowest BCUT2D eigenvalue weighted by atomic mass is 10.2. The summed E-state index contributed by atoms with van der Waals surface area (Å²) in [5, 5.41) is 8.54. The normalized spacial score (nSPS) is 10.5.